The van der Waals surface area contributed by atoms with Gasteiger partial charge in [0.25, 0.3) is 0 Å². The van der Waals surface area contributed by atoms with Crippen LogP contribution in [0, 0.1) is 0 Å². The van der Waals surface area contributed by atoms with Gasteiger partial charge < -0.3 is 9.80 Å². The van der Waals surface area contributed by atoms with Crippen molar-refractivity contribution in [3.05, 3.63) is 59.0 Å². The van der Waals surface area contributed by atoms with Crippen molar-refractivity contribution < 1.29 is 18.0 Å². The van der Waals surface area contributed by atoms with Crippen molar-refractivity contribution in [2.75, 3.05) is 37.6 Å². The van der Waals surface area contributed by atoms with E-state index in [9.17, 15) is 18.0 Å². The lowest BCUT2D eigenvalue weighted by atomic mass is 9.97. The summed E-state index contributed by atoms with van der Waals surface area (Å²) in [4.78, 5) is 27.9. The molecule has 3 aliphatic rings. The minimum Gasteiger partial charge on any atom is -0.347 e. The van der Waals surface area contributed by atoms with Crippen LogP contribution in [0.1, 0.15) is 30.4 Å². The summed E-state index contributed by atoms with van der Waals surface area (Å²) >= 11 is 5.74. The number of carbonyl (C=O) groups is 1. The van der Waals surface area contributed by atoms with Gasteiger partial charge in [-0.05, 0) is 42.5 Å². The smallest absolute Gasteiger partial charge is 0.347 e. The maximum atomic E-state index is 13.2. The largest absolute Gasteiger partial charge is 0.417 e. The summed E-state index contributed by atoms with van der Waals surface area (Å²) in [5, 5.41) is -0.308. The van der Waals surface area contributed by atoms with Crippen LogP contribution in [0.3, 0.4) is 0 Å². The van der Waals surface area contributed by atoms with Gasteiger partial charge in [0.05, 0.1) is 23.3 Å². The molecule has 2 unspecified atom stereocenters. The Morgan fingerprint density at radius 2 is 1.91 bits per heavy atom. The van der Waals surface area contributed by atoms with Crippen molar-refractivity contribution in [1.82, 2.24) is 19.8 Å². The van der Waals surface area contributed by atoms with E-state index in [2.05, 4.69) is 19.8 Å². The number of carbonyl (C=O) groups excluding carboxylic acids is 1. The molecule has 3 aliphatic heterocycles. The molecular formula is C24H25ClF3N5O. The van der Waals surface area contributed by atoms with E-state index < -0.39 is 11.7 Å². The Morgan fingerprint density at radius 3 is 2.53 bits per heavy atom. The molecule has 0 saturated carbocycles. The molecule has 0 spiro atoms. The third kappa shape index (κ3) is 4.63. The number of amides is 1. The molecule has 1 aromatic carbocycles. The van der Waals surface area contributed by atoms with E-state index in [1.807, 2.05) is 6.08 Å². The zero-order valence-corrected chi connectivity index (χ0v) is 19.3. The number of fused-ring (bicyclic) bond motifs is 2. The second kappa shape index (κ2) is 9.19. The van der Waals surface area contributed by atoms with Crippen LogP contribution in [0.5, 0.6) is 0 Å². The summed E-state index contributed by atoms with van der Waals surface area (Å²) in [7, 11) is 0. The van der Waals surface area contributed by atoms with E-state index in [1.165, 1.54) is 6.07 Å². The van der Waals surface area contributed by atoms with Gasteiger partial charge >= 0.3 is 6.18 Å². The number of rotatable bonds is 4. The molecule has 2 aromatic rings. The number of piperazine rings is 1. The average molecular weight is 492 g/mol. The van der Waals surface area contributed by atoms with E-state index >= 15 is 0 Å². The molecule has 5 rings (SSSR count). The van der Waals surface area contributed by atoms with Crippen molar-refractivity contribution in [2.45, 2.75) is 37.5 Å². The van der Waals surface area contributed by atoms with Gasteiger partial charge in [0.1, 0.15) is 5.82 Å². The average Bonchev–Trinajstić information content (AvgIpc) is 3.09. The Balaban J connectivity index is 1.20. The van der Waals surface area contributed by atoms with Gasteiger partial charge in [0.2, 0.25) is 5.91 Å². The molecule has 0 radical (unpaired) electrons. The van der Waals surface area contributed by atoms with Crippen LogP contribution in [-0.2, 0) is 11.0 Å². The zero-order chi connectivity index (χ0) is 23.9. The van der Waals surface area contributed by atoms with Gasteiger partial charge in [0, 0.05) is 50.7 Å². The third-order valence-corrected chi connectivity index (χ3v) is 7.26. The summed E-state index contributed by atoms with van der Waals surface area (Å²) in [6, 6.07) is 4.63. The Morgan fingerprint density at radius 1 is 1.15 bits per heavy atom. The molecule has 2 fully saturated rings. The second-order valence-corrected chi connectivity index (χ2v) is 9.47. The van der Waals surface area contributed by atoms with Gasteiger partial charge in [-0.3, -0.25) is 14.7 Å². The monoisotopic (exact) mass is 491 g/mol. The molecule has 2 atom stereocenters. The van der Waals surface area contributed by atoms with Crippen LogP contribution in [0.4, 0.5) is 19.0 Å². The quantitative estimate of drug-likeness (QED) is 0.644. The highest BCUT2D eigenvalue weighted by Gasteiger charge is 2.41. The topological polar surface area (TPSA) is 52.6 Å². The fraction of sp³-hybridized carbons (Fsp3) is 0.458. The first kappa shape index (κ1) is 23.1. The summed E-state index contributed by atoms with van der Waals surface area (Å²) in [6.45, 7) is 2.84. The Hall–Kier alpha value is -2.65. The van der Waals surface area contributed by atoms with Crippen molar-refractivity contribution in [3.63, 3.8) is 0 Å². The Bertz CT molecular complexity index is 1080. The van der Waals surface area contributed by atoms with E-state index in [1.54, 1.807) is 29.6 Å². The van der Waals surface area contributed by atoms with Crippen LogP contribution in [0.2, 0.25) is 5.02 Å². The summed E-state index contributed by atoms with van der Waals surface area (Å²) < 4.78 is 39.6. The SMILES string of the molecule is O=C(CN1CC2CCC(C1)N2c1cnccn1)N1CC=C(c2ccc(Cl)c(C(F)(F)F)c2)CC1. The Kier molecular flexibility index (Phi) is 6.24. The van der Waals surface area contributed by atoms with Crippen molar-refractivity contribution in [3.8, 4) is 0 Å². The molecule has 0 aliphatic carbocycles. The normalized spacial score (nSPS) is 23.2. The number of benzene rings is 1. The lowest BCUT2D eigenvalue weighted by molar-refractivity contribution is -0.137. The number of hydrogen-bond acceptors (Lipinski definition) is 5. The van der Waals surface area contributed by atoms with Crippen LogP contribution in [0.25, 0.3) is 5.57 Å². The molecular weight excluding hydrogens is 467 g/mol. The summed E-state index contributed by atoms with van der Waals surface area (Å²) in [5.74, 6) is 0.945. The lowest BCUT2D eigenvalue weighted by Crippen LogP contribution is -2.56. The molecule has 6 nitrogen and oxygen atoms in total. The maximum absolute atomic E-state index is 13.2. The van der Waals surface area contributed by atoms with Crippen LogP contribution >= 0.6 is 11.6 Å². The molecule has 10 heteroatoms. The van der Waals surface area contributed by atoms with Crippen molar-refractivity contribution in [1.29, 1.82) is 0 Å². The minimum absolute atomic E-state index is 0.0507. The number of halogens is 4. The number of nitrogens with zero attached hydrogens (tertiary/aromatic N) is 5. The standard InChI is InChI=1S/C24H25ClF3N5O/c25-21-4-1-17(11-20(21)24(26,27)28)16-5-9-32(10-6-16)23(34)15-31-13-18-2-3-19(14-31)33(18)22-12-29-7-8-30-22/h1,4-5,7-8,11-12,18-19H,2-3,6,9-10,13-15H2. The highest BCUT2D eigenvalue weighted by atomic mass is 35.5. The third-order valence-electron chi connectivity index (χ3n) is 6.94. The first-order valence-corrected chi connectivity index (χ1v) is 11.8. The first-order valence-electron chi connectivity index (χ1n) is 11.4. The summed E-state index contributed by atoms with van der Waals surface area (Å²) in [5.41, 5.74) is 0.476. The number of alkyl halides is 3. The van der Waals surface area contributed by atoms with E-state index in [0.717, 1.165) is 43.4 Å². The number of likely N-dealkylation sites (tertiary alicyclic amines) is 1. The highest BCUT2D eigenvalue weighted by Crippen LogP contribution is 2.37. The molecule has 4 heterocycles. The Labute approximate surface area is 201 Å². The van der Waals surface area contributed by atoms with Gasteiger partial charge in [-0.1, -0.05) is 23.7 Å². The van der Waals surface area contributed by atoms with E-state index in [-0.39, 0.29) is 10.9 Å². The molecule has 34 heavy (non-hydrogen) atoms. The van der Waals surface area contributed by atoms with Gasteiger partial charge in [0.15, 0.2) is 0 Å². The fourth-order valence-electron chi connectivity index (χ4n) is 5.31. The molecule has 180 valence electrons. The predicted molar refractivity (Wildman–Crippen MR) is 123 cm³/mol. The molecule has 1 amide bonds. The maximum Gasteiger partial charge on any atom is 0.417 e. The predicted octanol–water partition coefficient (Wildman–Crippen LogP) is 4.12. The molecule has 2 saturated heterocycles. The number of hydrogen-bond donors (Lipinski definition) is 0. The highest BCUT2D eigenvalue weighted by molar-refractivity contribution is 6.31. The van der Waals surface area contributed by atoms with E-state index in [0.29, 0.717) is 43.7 Å². The van der Waals surface area contributed by atoms with Crippen LogP contribution < -0.4 is 4.90 Å². The minimum atomic E-state index is -4.50. The first-order chi connectivity index (χ1) is 16.3. The lowest BCUT2D eigenvalue weighted by Gasteiger charge is -2.42. The van der Waals surface area contributed by atoms with Crippen LogP contribution in [0.15, 0.2) is 42.9 Å². The number of aromatic nitrogens is 2. The van der Waals surface area contributed by atoms with Crippen molar-refractivity contribution >= 4 is 28.9 Å². The van der Waals surface area contributed by atoms with Gasteiger partial charge in [-0.15, -0.1) is 0 Å². The second-order valence-electron chi connectivity index (χ2n) is 9.06. The fourth-order valence-corrected chi connectivity index (χ4v) is 5.53. The zero-order valence-electron chi connectivity index (χ0n) is 18.5. The van der Waals surface area contributed by atoms with Crippen molar-refractivity contribution in [2.24, 2.45) is 0 Å². The molecule has 0 N–H and O–H groups in total. The number of anilines is 1. The molecule has 2 bridgehead atoms. The van der Waals surface area contributed by atoms with Gasteiger partial charge in [-0.2, -0.15) is 13.2 Å². The van der Waals surface area contributed by atoms with Crippen LogP contribution in [-0.4, -0.2) is 70.5 Å². The summed E-state index contributed by atoms with van der Waals surface area (Å²) in [6.07, 6.45) is 5.17. The van der Waals surface area contributed by atoms with Gasteiger partial charge in [-0.25, -0.2) is 4.98 Å². The van der Waals surface area contributed by atoms with E-state index in [4.69, 9.17) is 11.6 Å². The molecule has 1 aromatic heterocycles.